The van der Waals surface area contributed by atoms with Crippen molar-refractivity contribution in [2.45, 2.75) is 38.5 Å². The molecule has 108 valence electrons. The van der Waals surface area contributed by atoms with Crippen LogP contribution in [0.15, 0.2) is 18.2 Å². The van der Waals surface area contributed by atoms with Crippen LogP contribution < -0.4 is 5.48 Å². The van der Waals surface area contributed by atoms with Crippen LogP contribution in [-0.2, 0) is 11.2 Å². The van der Waals surface area contributed by atoms with Gasteiger partial charge in [-0.05, 0) is 37.5 Å². The van der Waals surface area contributed by atoms with E-state index in [1.54, 1.807) is 11.5 Å². The summed E-state index contributed by atoms with van der Waals surface area (Å²) >= 11 is 1.54. The molecule has 0 aliphatic carbocycles. The van der Waals surface area contributed by atoms with E-state index < -0.39 is 0 Å². The molecule has 20 heavy (non-hydrogen) atoms. The molecule has 0 spiro atoms. The van der Waals surface area contributed by atoms with Crippen LogP contribution in [0, 0.1) is 5.82 Å². The Hall–Kier alpha value is -1.53. The Labute approximate surface area is 120 Å². The van der Waals surface area contributed by atoms with E-state index in [1.165, 1.54) is 23.5 Å². The Morgan fingerprint density at radius 2 is 2.10 bits per heavy atom. The topological polar surface area (TPSA) is 62.2 Å². The fourth-order valence-corrected chi connectivity index (χ4v) is 3.06. The second-order valence-corrected chi connectivity index (χ2v) is 5.78. The van der Waals surface area contributed by atoms with Gasteiger partial charge in [0.05, 0.1) is 15.2 Å². The van der Waals surface area contributed by atoms with E-state index in [0.717, 1.165) is 47.3 Å². The van der Waals surface area contributed by atoms with Crippen molar-refractivity contribution in [1.29, 1.82) is 0 Å². The molecule has 0 aliphatic rings. The number of thiazole rings is 1. The SMILES string of the molecule is O=C(CCCCCCc1nc2ccc(F)cc2s1)NO. The Balaban J connectivity index is 1.72. The molecule has 6 heteroatoms. The van der Waals surface area contributed by atoms with Crippen LogP contribution in [0.1, 0.15) is 37.1 Å². The zero-order chi connectivity index (χ0) is 14.4. The Morgan fingerprint density at radius 1 is 1.30 bits per heavy atom. The number of hydrogen-bond acceptors (Lipinski definition) is 4. The van der Waals surface area contributed by atoms with Gasteiger partial charge >= 0.3 is 0 Å². The van der Waals surface area contributed by atoms with E-state index in [4.69, 9.17) is 5.21 Å². The summed E-state index contributed by atoms with van der Waals surface area (Å²) in [5, 5.41) is 9.37. The van der Waals surface area contributed by atoms with E-state index in [0.29, 0.717) is 6.42 Å². The molecule has 4 nitrogen and oxygen atoms in total. The molecule has 0 aliphatic heterocycles. The molecule has 0 fully saturated rings. The molecular formula is C14H17FN2O2S. The predicted octanol–water partition coefficient (Wildman–Crippen LogP) is 3.43. The van der Waals surface area contributed by atoms with Crippen LogP contribution in [0.5, 0.6) is 0 Å². The number of rotatable bonds is 7. The van der Waals surface area contributed by atoms with Crippen LogP contribution in [0.2, 0.25) is 0 Å². The van der Waals surface area contributed by atoms with E-state index in [9.17, 15) is 9.18 Å². The van der Waals surface area contributed by atoms with Gasteiger partial charge in [0, 0.05) is 6.42 Å². The van der Waals surface area contributed by atoms with Gasteiger partial charge in [-0.15, -0.1) is 11.3 Å². The largest absolute Gasteiger partial charge is 0.289 e. The highest BCUT2D eigenvalue weighted by Gasteiger charge is 2.05. The highest BCUT2D eigenvalue weighted by atomic mass is 32.1. The normalized spacial score (nSPS) is 10.9. The zero-order valence-electron chi connectivity index (χ0n) is 11.1. The number of carbonyl (C=O) groups excluding carboxylic acids is 1. The first-order valence-electron chi connectivity index (χ1n) is 6.67. The molecule has 0 radical (unpaired) electrons. The van der Waals surface area contributed by atoms with Gasteiger partial charge in [0.2, 0.25) is 5.91 Å². The Morgan fingerprint density at radius 3 is 2.90 bits per heavy atom. The van der Waals surface area contributed by atoms with Crippen molar-refractivity contribution in [3.8, 4) is 0 Å². The number of benzene rings is 1. The average molecular weight is 296 g/mol. The number of nitrogens with zero attached hydrogens (tertiary/aromatic N) is 1. The van der Waals surface area contributed by atoms with Gasteiger partial charge in [0.25, 0.3) is 0 Å². The van der Waals surface area contributed by atoms with Gasteiger partial charge in [0.15, 0.2) is 0 Å². The lowest BCUT2D eigenvalue weighted by atomic mass is 10.1. The number of nitrogens with one attached hydrogen (secondary N) is 1. The highest BCUT2D eigenvalue weighted by molar-refractivity contribution is 7.18. The molecule has 0 unspecified atom stereocenters. The molecule has 0 saturated carbocycles. The van der Waals surface area contributed by atoms with Gasteiger partial charge in [0.1, 0.15) is 5.82 Å². The lowest BCUT2D eigenvalue weighted by Crippen LogP contribution is -2.17. The molecule has 1 aromatic heterocycles. The minimum Gasteiger partial charge on any atom is -0.289 e. The summed E-state index contributed by atoms with van der Waals surface area (Å²) in [5.74, 6) is -0.562. The standard InChI is InChI=1S/C14H17FN2O2S/c15-10-7-8-11-12(9-10)20-14(16-11)6-4-2-1-3-5-13(18)17-19/h7-9,19H,1-6H2,(H,17,18). The molecule has 0 atom stereocenters. The van der Waals surface area contributed by atoms with Crippen LogP contribution in [0.3, 0.4) is 0 Å². The lowest BCUT2D eigenvalue weighted by Gasteiger charge is -1.99. The Bertz CT molecular complexity index is 586. The number of carbonyl (C=O) groups is 1. The molecule has 1 heterocycles. The summed E-state index contributed by atoms with van der Waals surface area (Å²) in [6.07, 6.45) is 4.99. The third-order valence-corrected chi connectivity index (χ3v) is 4.14. The molecular weight excluding hydrogens is 279 g/mol. The van der Waals surface area contributed by atoms with E-state index in [2.05, 4.69) is 4.98 Å². The maximum atomic E-state index is 13.1. The van der Waals surface area contributed by atoms with Crippen molar-refractivity contribution in [2.75, 3.05) is 0 Å². The van der Waals surface area contributed by atoms with Crippen LogP contribution in [0.25, 0.3) is 10.2 Å². The zero-order valence-corrected chi connectivity index (χ0v) is 11.9. The van der Waals surface area contributed by atoms with Crippen molar-refractivity contribution in [1.82, 2.24) is 10.5 Å². The first kappa shape index (κ1) is 14.9. The third-order valence-electron chi connectivity index (χ3n) is 3.06. The average Bonchev–Trinajstić information content (AvgIpc) is 2.84. The van der Waals surface area contributed by atoms with Gasteiger partial charge in [-0.25, -0.2) is 14.9 Å². The second kappa shape index (κ2) is 7.31. The summed E-state index contributed by atoms with van der Waals surface area (Å²) in [6, 6.07) is 4.65. The molecule has 2 rings (SSSR count). The van der Waals surface area contributed by atoms with Gasteiger partial charge < -0.3 is 0 Å². The first-order chi connectivity index (χ1) is 9.69. The van der Waals surface area contributed by atoms with Gasteiger partial charge in [-0.3, -0.25) is 10.0 Å². The Kier molecular flexibility index (Phi) is 5.43. The van der Waals surface area contributed by atoms with Crippen molar-refractivity contribution >= 4 is 27.5 Å². The summed E-state index contributed by atoms with van der Waals surface area (Å²) in [7, 11) is 0. The maximum absolute atomic E-state index is 13.1. The third kappa shape index (κ3) is 4.25. The number of aryl methyl sites for hydroxylation is 1. The number of halogens is 1. The molecule has 0 saturated heterocycles. The number of aromatic nitrogens is 1. The van der Waals surface area contributed by atoms with Crippen LogP contribution >= 0.6 is 11.3 Å². The quantitative estimate of drug-likeness (QED) is 0.467. The highest BCUT2D eigenvalue weighted by Crippen LogP contribution is 2.24. The minimum atomic E-state index is -0.335. The summed E-state index contributed by atoms with van der Waals surface area (Å²) < 4.78 is 13.9. The monoisotopic (exact) mass is 296 g/mol. The fraction of sp³-hybridized carbons (Fsp3) is 0.429. The minimum absolute atomic E-state index is 0.227. The van der Waals surface area contributed by atoms with Crippen molar-refractivity contribution in [2.24, 2.45) is 0 Å². The van der Waals surface area contributed by atoms with Crippen molar-refractivity contribution in [3.05, 3.63) is 29.0 Å². The lowest BCUT2D eigenvalue weighted by molar-refractivity contribution is -0.129. The summed E-state index contributed by atoms with van der Waals surface area (Å²) in [4.78, 5) is 15.3. The predicted molar refractivity (Wildman–Crippen MR) is 76.3 cm³/mol. The first-order valence-corrected chi connectivity index (χ1v) is 7.48. The van der Waals surface area contributed by atoms with E-state index >= 15 is 0 Å². The van der Waals surface area contributed by atoms with Crippen LogP contribution in [0.4, 0.5) is 4.39 Å². The second-order valence-electron chi connectivity index (χ2n) is 4.67. The molecule has 0 bridgehead atoms. The van der Waals surface area contributed by atoms with E-state index in [1.807, 2.05) is 0 Å². The number of hydroxylamine groups is 1. The van der Waals surface area contributed by atoms with Crippen molar-refractivity contribution in [3.63, 3.8) is 0 Å². The maximum Gasteiger partial charge on any atom is 0.243 e. The van der Waals surface area contributed by atoms with Gasteiger partial charge in [-0.1, -0.05) is 12.8 Å². The number of fused-ring (bicyclic) bond motifs is 1. The smallest absolute Gasteiger partial charge is 0.243 e. The molecule has 2 N–H and O–H groups in total. The summed E-state index contributed by atoms with van der Waals surface area (Å²) in [5.41, 5.74) is 2.48. The fourth-order valence-electron chi connectivity index (χ4n) is 2.02. The van der Waals surface area contributed by atoms with Crippen molar-refractivity contribution < 1.29 is 14.4 Å². The molecule has 1 amide bonds. The molecule has 1 aromatic carbocycles. The van der Waals surface area contributed by atoms with Crippen LogP contribution in [-0.4, -0.2) is 16.1 Å². The number of hydrogen-bond donors (Lipinski definition) is 2. The number of amides is 1. The van der Waals surface area contributed by atoms with E-state index in [-0.39, 0.29) is 11.7 Å². The number of unbranched alkanes of at least 4 members (excludes halogenated alkanes) is 3. The molecule has 2 aromatic rings. The summed E-state index contributed by atoms with van der Waals surface area (Å²) in [6.45, 7) is 0. The van der Waals surface area contributed by atoms with Gasteiger partial charge in [-0.2, -0.15) is 0 Å².